The zero-order chi connectivity index (χ0) is 12.7. The number of nitrogens with one attached hydrogen (secondary N) is 1. The molecule has 0 bridgehead atoms. The Labute approximate surface area is 107 Å². The average Bonchev–Trinajstić information content (AvgIpc) is 2.39. The summed E-state index contributed by atoms with van der Waals surface area (Å²) in [6.07, 6.45) is 5.41. The Hall–Kier alpha value is -0.120. The lowest BCUT2D eigenvalue weighted by molar-refractivity contribution is 0.0757. The Morgan fingerprint density at radius 3 is 2.24 bits per heavy atom. The first-order valence-electron chi connectivity index (χ1n) is 7.08. The van der Waals surface area contributed by atoms with E-state index in [1.807, 2.05) is 7.05 Å². The van der Waals surface area contributed by atoms with Gasteiger partial charge in [0.2, 0.25) is 0 Å². The summed E-state index contributed by atoms with van der Waals surface area (Å²) >= 11 is 0. The zero-order valence-corrected chi connectivity index (χ0v) is 12.1. The van der Waals surface area contributed by atoms with Gasteiger partial charge in [0.15, 0.2) is 0 Å². The van der Waals surface area contributed by atoms with Crippen LogP contribution in [-0.2, 0) is 4.74 Å². The number of ether oxygens (including phenoxy) is 1. The molecule has 0 aromatic carbocycles. The summed E-state index contributed by atoms with van der Waals surface area (Å²) in [6, 6.07) is 0.468. The number of likely N-dealkylation sites (N-methyl/N-ethyl adjacent to an activating group) is 1. The molecule has 0 aromatic heterocycles. The van der Waals surface area contributed by atoms with Gasteiger partial charge in [0.05, 0.1) is 6.61 Å². The zero-order valence-electron chi connectivity index (χ0n) is 12.1. The van der Waals surface area contributed by atoms with E-state index in [4.69, 9.17) is 4.74 Å². The van der Waals surface area contributed by atoms with Crippen molar-refractivity contribution in [3.63, 3.8) is 0 Å². The van der Waals surface area contributed by atoms with Crippen molar-refractivity contribution < 1.29 is 4.74 Å². The first kappa shape index (κ1) is 14.9. The van der Waals surface area contributed by atoms with E-state index in [0.29, 0.717) is 11.5 Å². The molecule has 102 valence electrons. The first-order chi connectivity index (χ1) is 8.19. The number of nitrogens with zero attached hydrogens (tertiary/aromatic N) is 1. The molecule has 1 aliphatic heterocycles. The van der Waals surface area contributed by atoms with E-state index in [9.17, 15) is 0 Å². The van der Waals surface area contributed by atoms with Crippen LogP contribution >= 0.6 is 0 Å². The lowest BCUT2D eigenvalue weighted by Crippen LogP contribution is -2.47. The SMILES string of the molecule is CCC1(CC)CCN(CC(COC)NC)CC1. The van der Waals surface area contributed by atoms with Crippen LogP contribution < -0.4 is 5.32 Å². The van der Waals surface area contributed by atoms with Crippen LogP contribution in [0.2, 0.25) is 0 Å². The van der Waals surface area contributed by atoms with Gasteiger partial charge >= 0.3 is 0 Å². The minimum Gasteiger partial charge on any atom is -0.383 e. The third-order valence-electron chi connectivity index (χ3n) is 4.67. The Balaban J connectivity index is 2.35. The number of hydrogen-bond donors (Lipinski definition) is 1. The molecule has 0 saturated carbocycles. The van der Waals surface area contributed by atoms with Crippen molar-refractivity contribution in [3.8, 4) is 0 Å². The van der Waals surface area contributed by atoms with E-state index >= 15 is 0 Å². The Bertz CT molecular complexity index is 194. The molecule has 1 rings (SSSR count). The minimum atomic E-state index is 0.468. The lowest BCUT2D eigenvalue weighted by Gasteiger charge is -2.42. The van der Waals surface area contributed by atoms with E-state index < -0.39 is 0 Å². The second-order valence-electron chi connectivity index (χ2n) is 5.45. The van der Waals surface area contributed by atoms with Crippen LogP contribution in [0.1, 0.15) is 39.5 Å². The molecule has 0 spiro atoms. The smallest absolute Gasteiger partial charge is 0.0628 e. The van der Waals surface area contributed by atoms with Gasteiger partial charge in [0.25, 0.3) is 0 Å². The molecule has 1 heterocycles. The number of hydrogen-bond acceptors (Lipinski definition) is 3. The summed E-state index contributed by atoms with van der Waals surface area (Å²) in [4.78, 5) is 2.59. The lowest BCUT2D eigenvalue weighted by atomic mass is 9.74. The highest BCUT2D eigenvalue weighted by atomic mass is 16.5. The van der Waals surface area contributed by atoms with Crippen molar-refractivity contribution in [1.29, 1.82) is 0 Å². The van der Waals surface area contributed by atoms with Crippen molar-refractivity contribution in [2.75, 3.05) is 40.4 Å². The van der Waals surface area contributed by atoms with Crippen molar-refractivity contribution in [3.05, 3.63) is 0 Å². The molecule has 3 heteroatoms. The summed E-state index contributed by atoms with van der Waals surface area (Å²) in [5, 5.41) is 3.33. The third-order valence-corrected chi connectivity index (χ3v) is 4.67. The maximum atomic E-state index is 5.23. The summed E-state index contributed by atoms with van der Waals surface area (Å²) in [6.45, 7) is 9.13. The molecule has 0 amide bonds. The van der Waals surface area contributed by atoms with Crippen LogP contribution in [0.25, 0.3) is 0 Å². The van der Waals surface area contributed by atoms with Crippen LogP contribution in [0.4, 0.5) is 0 Å². The number of rotatable bonds is 7. The van der Waals surface area contributed by atoms with Crippen molar-refractivity contribution in [2.24, 2.45) is 5.41 Å². The van der Waals surface area contributed by atoms with Gasteiger partial charge in [0.1, 0.15) is 0 Å². The summed E-state index contributed by atoms with van der Waals surface area (Å²) in [5.41, 5.74) is 0.632. The van der Waals surface area contributed by atoms with Gasteiger partial charge in [-0.05, 0) is 38.4 Å². The van der Waals surface area contributed by atoms with E-state index in [2.05, 4.69) is 24.1 Å². The molecule has 1 N–H and O–H groups in total. The number of piperidine rings is 1. The molecular weight excluding hydrogens is 212 g/mol. The second kappa shape index (κ2) is 7.34. The highest BCUT2D eigenvalue weighted by molar-refractivity contribution is 4.85. The molecular formula is C14H30N2O. The second-order valence-corrected chi connectivity index (χ2v) is 5.45. The van der Waals surface area contributed by atoms with Gasteiger partial charge in [0, 0.05) is 19.7 Å². The Morgan fingerprint density at radius 1 is 1.24 bits per heavy atom. The molecule has 1 saturated heterocycles. The largest absolute Gasteiger partial charge is 0.383 e. The van der Waals surface area contributed by atoms with Crippen LogP contribution in [0.3, 0.4) is 0 Å². The highest BCUT2D eigenvalue weighted by Gasteiger charge is 2.31. The predicted molar refractivity (Wildman–Crippen MR) is 73.4 cm³/mol. The number of likely N-dealkylation sites (tertiary alicyclic amines) is 1. The number of methoxy groups -OCH3 is 1. The molecule has 1 unspecified atom stereocenters. The molecule has 0 aromatic rings. The van der Waals surface area contributed by atoms with Gasteiger partial charge in [-0.15, -0.1) is 0 Å². The molecule has 0 aliphatic carbocycles. The van der Waals surface area contributed by atoms with Crippen LogP contribution in [-0.4, -0.2) is 51.3 Å². The van der Waals surface area contributed by atoms with Gasteiger partial charge < -0.3 is 15.0 Å². The van der Waals surface area contributed by atoms with E-state index in [0.717, 1.165) is 13.2 Å². The maximum absolute atomic E-state index is 5.23. The summed E-state index contributed by atoms with van der Waals surface area (Å²) in [7, 11) is 3.80. The van der Waals surface area contributed by atoms with E-state index in [1.54, 1.807) is 7.11 Å². The Morgan fingerprint density at radius 2 is 1.82 bits per heavy atom. The standard InChI is InChI=1S/C14H30N2O/c1-5-14(6-2)7-9-16(10-8-14)11-13(15-3)12-17-4/h13,15H,5-12H2,1-4H3. The Kier molecular flexibility index (Phi) is 6.45. The van der Waals surface area contributed by atoms with Crippen LogP contribution in [0.15, 0.2) is 0 Å². The van der Waals surface area contributed by atoms with Crippen LogP contribution in [0, 0.1) is 5.41 Å². The first-order valence-corrected chi connectivity index (χ1v) is 7.08. The molecule has 1 fully saturated rings. The van der Waals surface area contributed by atoms with Gasteiger partial charge in [-0.1, -0.05) is 26.7 Å². The fourth-order valence-corrected chi connectivity index (χ4v) is 2.91. The predicted octanol–water partition coefficient (Wildman–Crippen LogP) is 2.12. The van der Waals surface area contributed by atoms with Crippen molar-refractivity contribution >= 4 is 0 Å². The monoisotopic (exact) mass is 242 g/mol. The van der Waals surface area contributed by atoms with Crippen molar-refractivity contribution in [2.45, 2.75) is 45.6 Å². The third kappa shape index (κ3) is 4.23. The molecule has 17 heavy (non-hydrogen) atoms. The normalized spacial score (nSPS) is 22.6. The topological polar surface area (TPSA) is 24.5 Å². The minimum absolute atomic E-state index is 0.468. The maximum Gasteiger partial charge on any atom is 0.0628 e. The van der Waals surface area contributed by atoms with Crippen LogP contribution in [0.5, 0.6) is 0 Å². The van der Waals surface area contributed by atoms with E-state index in [-0.39, 0.29) is 0 Å². The quantitative estimate of drug-likeness (QED) is 0.740. The molecule has 1 atom stereocenters. The molecule has 1 aliphatic rings. The average molecular weight is 242 g/mol. The molecule has 3 nitrogen and oxygen atoms in total. The van der Waals surface area contributed by atoms with Gasteiger partial charge in [-0.25, -0.2) is 0 Å². The summed E-state index contributed by atoms with van der Waals surface area (Å²) in [5.74, 6) is 0. The van der Waals surface area contributed by atoms with Gasteiger partial charge in [-0.3, -0.25) is 0 Å². The summed E-state index contributed by atoms with van der Waals surface area (Å²) < 4.78 is 5.23. The van der Waals surface area contributed by atoms with Crippen molar-refractivity contribution in [1.82, 2.24) is 10.2 Å². The fraction of sp³-hybridized carbons (Fsp3) is 1.00. The fourth-order valence-electron chi connectivity index (χ4n) is 2.91. The molecule has 0 radical (unpaired) electrons. The highest BCUT2D eigenvalue weighted by Crippen LogP contribution is 2.37. The van der Waals surface area contributed by atoms with E-state index in [1.165, 1.54) is 38.8 Å². The van der Waals surface area contributed by atoms with Gasteiger partial charge in [-0.2, -0.15) is 0 Å².